The number of likely N-dealkylation sites (N-methyl/N-ethyl adjacent to an activating group) is 1. The Kier molecular flexibility index (Phi) is 9.80. The predicted molar refractivity (Wildman–Crippen MR) is 151 cm³/mol. The van der Waals surface area contributed by atoms with Crippen LogP contribution in [0.5, 0.6) is 0 Å². The van der Waals surface area contributed by atoms with Crippen molar-refractivity contribution < 1.29 is 18.7 Å². The third kappa shape index (κ3) is 7.60. The fourth-order valence-electron chi connectivity index (χ4n) is 4.19. The second kappa shape index (κ2) is 13.3. The Morgan fingerprint density at radius 1 is 1.05 bits per heavy atom. The molecule has 0 unspecified atom stereocenters. The van der Waals surface area contributed by atoms with E-state index >= 15 is 0 Å². The minimum Gasteiger partial charge on any atom is -0.355 e. The number of H-pyrrole nitrogens is 1. The van der Waals surface area contributed by atoms with E-state index in [9.17, 15) is 9.18 Å². The van der Waals surface area contributed by atoms with Gasteiger partial charge >= 0.3 is 0 Å². The SMILES string of the molecule is CN(C)CCCNC(=O)C1(C)COC(c2nc(-c3ccc(F)cc3)c(-c3ccnc(NCCN(C)C)n3)[nH]2)OC1. The van der Waals surface area contributed by atoms with E-state index < -0.39 is 11.7 Å². The van der Waals surface area contributed by atoms with E-state index in [-0.39, 0.29) is 24.9 Å². The number of hydrogen-bond donors (Lipinski definition) is 3. The van der Waals surface area contributed by atoms with Crippen molar-refractivity contribution in [3.8, 4) is 22.6 Å². The van der Waals surface area contributed by atoms with Crippen LogP contribution in [0.25, 0.3) is 22.6 Å². The van der Waals surface area contributed by atoms with Gasteiger partial charge in [-0.25, -0.2) is 19.3 Å². The third-order valence-corrected chi connectivity index (χ3v) is 6.54. The second-order valence-corrected chi connectivity index (χ2v) is 10.8. The van der Waals surface area contributed by atoms with E-state index in [4.69, 9.17) is 14.5 Å². The summed E-state index contributed by atoms with van der Waals surface area (Å²) in [5.74, 6) is 0.474. The maximum atomic E-state index is 13.7. The van der Waals surface area contributed by atoms with E-state index in [1.54, 1.807) is 24.4 Å². The molecule has 40 heavy (non-hydrogen) atoms. The summed E-state index contributed by atoms with van der Waals surface area (Å²) in [5, 5.41) is 6.22. The maximum Gasteiger partial charge on any atom is 0.230 e. The molecule has 0 bridgehead atoms. The zero-order valence-electron chi connectivity index (χ0n) is 23.8. The van der Waals surface area contributed by atoms with E-state index in [1.807, 2.05) is 35.1 Å². The van der Waals surface area contributed by atoms with Crippen molar-refractivity contribution in [2.45, 2.75) is 19.6 Å². The number of nitrogens with zero attached hydrogens (tertiary/aromatic N) is 5. The molecule has 0 atom stereocenters. The minimum absolute atomic E-state index is 0.105. The summed E-state index contributed by atoms with van der Waals surface area (Å²) < 4.78 is 25.7. The van der Waals surface area contributed by atoms with E-state index in [1.165, 1.54) is 12.1 Å². The number of carbonyl (C=O) groups excluding carboxylic acids is 1. The lowest BCUT2D eigenvalue weighted by Crippen LogP contribution is -2.49. The predicted octanol–water partition coefficient (Wildman–Crippen LogP) is 2.77. The summed E-state index contributed by atoms with van der Waals surface area (Å²) in [6.07, 6.45) is 1.73. The molecule has 0 aliphatic carbocycles. The number of benzene rings is 1. The van der Waals surface area contributed by atoms with Gasteiger partial charge in [0.2, 0.25) is 18.1 Å². The lowest BCUT2D eigenvalue weighted by Gasteiger charge is -2.35. The van der Waals surface area contributed by atoms with Crippen molar-refractivity contribution in [1.82, 2.24) is 35.1 Å². The molecule has 3 aromatic rings. The van der Waals surface area contributed by atoms with Crippen LogP contribution in [0.1, 0.15) is 25.5 Å². The lowest BCUT2D eigenvalue weighted by atomic mass is 9.91. The van der Waals surface area contributed by atoms with Crippen molar-refractivity contribution in [2.75, 3.05) is 72.9 Å². The smallest absolute Gasteiger partial charge is 0.230 e. The summed E-state index contributed by atoms with van der Waals surface area (Å²) in [7, 11) is 8.00. The van der Waals surface area contributed by atoms with Gasteiger partial charge < -0.3 is 34.9 Å². The standard InChI is InChI=1S/C28H39FN8O3/c1-28(26(38)30-12-6-15-36(2)3)17-39-25(40-18-28)24-34-22(19-7-9-20(29)10-8-19)23(35-24)21-11-13-31-27(33-21)32-14-16-37(4)5/h7-11,13,25H,6,12,14-18H2,1-5H3,(H,30,38)(H,34,35)(H,31,32,33). The Bertz CT molecular complexity index is 1260. The third-order valence-electron chi connectivity index (χ3n) is 6.54. The minimum atomic E-state index is -0.816. The van der Waals surface area contributed by atoms with Crippen LogP contribution in [-0.4, -0.2) is 103 Å². The summed E-state index contributed by atoms with van der Waals surface area (Å²) >= 11 is 0. The molecule has 216 valence electrons. The number of rotatable bonds is 12. The van der Waals surface area contributed by atoms with Gasteiger partial charge in [0.25, 0.3) is 0 Å². The Morgan fingerprint density at radius 2 is 1.75 bits per heavy atom. The summed E-state index contributed by atoms with van der Waals surface area (Å²) in [5.41, 5.74) is 1.70. The Balaban J connectivity index is 1.52. The highest BCUT2D eigenvalue weighted by atomic mass is 19.1. The Labute approximate surface area is 234 Å². The molecule has 1 amide bonds. The molecule has 1 aliphatic rings. The fourth-order valence-corrected chi connectivity index (χ4v) is 4.19. The summed E-state index contributed by atoms with van der Waals surface area (Å²) in [4.78, 5) is 34.1. The zero-order valence-corrected chi connectivity index (χ0v) is 23.8. The number of amides is 1. The van der Waals surface area contributed by atoms with E-state index in [0.29, 0.717) is 47.5 Å². The summed E-state index contributed by atoms with van der Waals surface area (Å²) in [6, 6.07) is 7.88. The van der Waals surface area contributed by atoms with Gasteiger partial charge in [0, 0.05) is 31.4 Å². The van der Waals surface area contributed by atoms with E-state index in [2.05, 4.69) is 35.4 Å². The second-order valence-electron chi connectivity index (χ2n) is 10.8. The number of aromatic nitrogens is 4. The van der Waals surface area contributed by atoms with Gasteiger partial charge in [-0.05, 0) is 78.4 Å². The van der Waals surface area contributed by atoms with Gasteiger partial charge in [0.15, 0.2) is 5.82 Å². The first-order chi connectivity index (χ1) is 19.1. The van der Waals surface area contributed by atoms with Gasteiger partial charge in [-0.15, -0.1) is 0 Å². The quantitative estimate of drug-likeness (QED) is 0.290. The topological polar surface area (TPSA) is 121 Å². The molecule has 0 radical (unpaired) electrons. The van der Waals surface area contributed by atoms with Crippen LogP contribution in [0.4, 0.5) is 10.3 Å². The van der Waals surface area contributed by atoms with Crippen LogP contribution >= 0.6 is 0 Å². The van der Waals surface area contributed by atoms with Crippen LogP contribution in [-0.2, 0) is 14.3 Å². The maximum absolute atomic E-state index is 13.7. The molecule has 1 saturated heterocycles. The van der Waals surface area contributed by atoms with Gasteiger partial charge in [0.1, 0.15) is 5.82 Å². The van der Waals surface area contributed by atoms with Crippen LogP contribution in [0.2, 0.25) is 0 Å². The largest absolute Gasteiger partial charge is 0.355 e. The molecule has 3 N–H and O–H groups in total. The number of ether oxygens (including phenoxy) is 2. The van der Waals surface area contributed by atoms with Crippen molar-refractivity contribution in [1.29, 1.82) is 0 Å². The molecule has 2 aromatic heterocycles. The van der Waals surface area contributed by atoms with Gasteiger partial charge in [-0.3, -0.25) is 4.79 Å². The Morgan fingerprint density at radius 3 is 2.42 bits per heavy atom. The van der Waals surface area contributed by atoms with Crippen LogP contribution in [0, 0.1) is 11.2 Å². The highest BCUT2D eigenvalue weighted by Gasteiger charge is 2.40. The fraction of sp³-hybridized carbons (Fsp3) is 0.500. The van der Waals surface area contributed by atoms with Crippen LogP contribution in [0.3, 0.4) is 0 Å². The first-order valence-corrected chi connectivity index (χ1v) is 13.4. The normalized spacial score (nSPS) is 19.2. The Hall–Kier alpha value is -3.45. The molecule has 0 saturated carbocycles. The monoisotopic (exact) mass is 554 g/mol. The van der Waals surface area contributed by atoms with E-state index in [0.717, 1.165) is 19.5 Å². The lowest BCUT2D eigenvalue weighted by molar-refractivity contribution is -0.231. The van der Waals surface area contributed by atoms with Gasteiger partial charge in [0.05, 0.1) is 35.7 Å². The average molecular weight is 555 g/mol. The first kappa shape index (κ1) is 29.5. The molecule has 0 spiro atoms. The van der Waals surface area contributed by atoms with Crippen LogP contribution in [0.15, 0.2) is 36.5 Å². The molecule has 1 aliphatic heterocycles. The molecule has 3 heterocycles. The number of imidazole rings is 1. The molecule has 1 fully saturated rings. The van der Waals surface area contributed by atoms with Crippen molar-refractivity contribution in [2.24, 2.45) is 5.41 Å². The highest BCUT2D eigenvalue weighted by molar-refractivity contribution is 5.82. The molecular formula is C28H39FN8O3. The zero-order chi connectivity index (χ0) is 28.7. The van der Waals surface area contributed by atoms with Crippen LogP contribution < -0.4 is 10.6 Å². The molecule has 4 rings (SSSR count). The molecule has 12 heteroatoms. The van der Waals surface area contributed by atoms with Crippen molar-refractivity contribution in [3.63, 3.8) is 0 Å². The number of anilines is 1. The number of hydrogen-bond acceptors (Lipinski definition) is 9. The van der Waals surface area contributed by atoms with Crippen molar-refractivity contribution >= 4 is 11.9 Å². The molecular weight excluding hydrogens is 515 g/mol. The van der Waals surface area contributed by atoms with Crippen molar-refractivity contribution in [3.05, 3.63) is 48.2 Å². The van der Waals surface area contributed by atoms with Gasteiger partial charge in [-0.1, -0.05) is 0 Å². The molecule has 1 aromatic carbocycles. The summed E-state index contributed by atoms with van der Waals surface area (Å²) in [6.45, 7) is 5.16. The number of carbonyl (C=O) groups is 1. The number of halogens is 1. The number of aromatic amines is 1. The molecule has 11 nitrogen and oxygen atoms in total. The highest BCUT2D eigenvalue weighted by Crippen LogP contribution is 2.35. The number of nitrogens with one attached hydrogen (secondary N) is 3. The average Bonchev–Trinajstić information content (AvgIpc) is 3.37. The van der Waals surface area contributed by atoms with Gasteiger partial charge in [-0.2, -0.15) is 0 Å². The first-order valence-electron chi connectivity index (χ1n) is 13.4.